The van der Waals surface area contributed by atoms with E-state index in [1.807, 2.05) is 0 Å². The Morgan fingerprint density at radius 3 is 2.34 bits per heavy atom. The summed E-state index contributed by atoms with van der Waals surface area (Å²) in [6, 6.07) is 8.91. The molecule has 0 N–H and O–H groups in total. The first kappa shape index (κ1) is 20.5. The topological polar surface area (TPSA) is 65.1 Å². The van der Waals surface area contributed by atoms with E-state index in [0.717, 1.165) is 29.8 Å². The number of rotatable bonds is 5. The summed E-state index contributed by atoms with van der Waals surface area (Å²) in [5, 5.41) is 0. The summed E-state index contributed by atoms with van der Waals surface area (Å²) < 4.78 is 53.5. The second-order valence-corrected chi connectivity index (χ2v) is 6.38. The van der Waals surface area contributed by atoms with Crippen molar-refractivity contribution in [2.45, 2.75) is 12.7 Å². The Labute approximate surface area is 164 Å². The highest BCUT2D eigenvalue weighted by atomic mass is 19.4. The summed E-state index contributed by atoms with van der Waals surface area (Å²) in [5.41, 5.74) is -0.135. The van der Waals surface area contributed by atoms with Crippen LogP contribution in [0.15, 0.2) is 42.5 Å². The molecule has 0 saturated carbocycles. The van der Waals surface area contributed by atoms with Crippen LogP contribution in [0.2, 0.25) is 0 Å². The van der Waals surface area contributed by atoms with E-state index in [9.17, 15) is 22.8 Å². The van der Waals surface area contributed by atoms with E-state index in [1.165, 1.54) is 4.90 Å². The highest BCUT2D eigenvalue weighted by molar-refractivity contribution is 5.91. The summed E-state index contributed by atoms with van der Waals surface area (Å²) in [4.78, 5) is 25.5. The van der Waals surface area contributed by atoms with Gasteiger partial charge in [0.2, 0.25) is 0 Å². The Morgan fingerprint density at radius 2 is 1.69 bits per heavy atom. The third-order valence-corrected chi connectivity index (χ3v) is 4.23. The van der Waals surface area contributed by atoms with Gasteiger partial charge in [-0.05, 0) is 42.0 Å². The molecule has 3 rings (SSSR count). The average Bonchev–Trinajstić information content (AvgIpc) is 2.71. The molecule has 154 valence electrons. The van der Waals surface area contributed by atoms with Crippen LogP contribution in [-0.2, 0) is 22.3 Å². The van der Waals surface area contributed by atoms with Crippen LogP contribution in [0.25, 0.3) is 0 Å². The highest BCUT2D eigenvalue weighted by Crippen LogP contribution is 2.31. The van der Waals surface area contributed by atoms with E-state index in [4.69, 9.17) is 14.2 Å². The maximum atomic E-state index is 12.6. The molecule has 1 aliphatic rings. The van der Waals surface area contributed by atoms with Gasteiger partial charge in [0, 0.05) is 13.6 Å². The number of likely N-dealkylation sites (N-methyl/N-ethyl adjacent to an activating group) is 1. The van der Waals surface area contributed by atoms with Crippen LogP contribution in [0.4, 0.5) is 13.2 Å². The zero-order valence-corrected chi connectivity index (χ0v) is 15.5. The van der Waals surface area contributed by atoms with Gasteiger partial charge in [-0.2, -0.15) is 13.2 Å². The minimum Gasteiger partial charge on any atom is -0.486 e. The lowest BCUT2D eigenvalue weighted by molar-refractivity contribution is -0.137. The second-order valence-electron chi connectivity index (χ2n) is 6.38. The van der Waals surface area contributed by atoms with E-state index >= 15 is 0 Å². The van der Waals surface area contributed by atoms with Gasteiger partial charge in [0.1, 0.15) is 13.2 Å². The number of hydrogen-bond acceptors (Lipinski definition) is 5. The Bertz CT molecular complexity index is 896. The molecule has 1 heterocycles. The molecule has 6 nitrogen and oxygen atoms in total. The van der Waals surface area contributed by atoms with Crippen LogP contribution in [0.3, 0.4) is 0 Å². The molecule has 0 atom stereocenters. The number of halogens is 3. The molecule has 0 bridgehead atoms. The Morgan fingerprint density at radius 1 is 1.03 bits per heavy atom. The third-order valence-electron chi connectivity index (χ3n) is 4.23. The smallest absolute Gasteiger partial charge is 0.416 e. The van der Waals surface area contributed by atoms with Gasteiger partial charge in [0.15, 0.2) is 18.1 Å². The van der Waals surface area contributed by atoms with Crippen LogP contribution in [0.5, 0.6) is 11.5 Å². The molecule has 0 fully saturated rings. The number of benzene rings is 2. The number of hydrogen-bond donors (Lipinski definition) is 0. The van der Waals surface area contributed by atoms with Crippen LogP contribution in [0, 0.1) is 0 Å². The minimum atomic E-state index is -4.49. The molecule has 0 unspecified atom stereocenters. The van der Waals surface area contributed by atoms with Crippen molar-refractivity contribution in [2.75, 3.05) is 26.9 Å². The summed E-state index contributed by atoms with van der Waals surface area (Å²) in [5.74, 6) is -0.0947. The molecule has 9 heteroatoms. The van der Waals surface area contributed by atoms with Crippen molar-refractivity contribution >= 4 is 11.9 Å². The van der Waals surface area contributed by atoms with Crippen molar-refractivity contribution in [1.29, 1.82) is 0 Å². The fourth-order valence-electron chi connectivity index (χ4n) is 2.66. The lowest BCUT2D eigenvalue weighted by Gasteiger charge is -2.21. The maximum Gasteiger partial charge on any atom is 0.416 e. The van der Waals surface area contributed by atoms with Gasteiger partial charge in [-0.1, -0.05) is 6.07 Å². The third kappa shape index (κ3) is 5.18. The fraction of sp³-hybridized carbons (Fsp3) is 0.300. The fourth-order valence-corrected chi connectivity index (χ4v) is 2.66. The molecule has 1 aliphatic heterocycles. The van der Waals surface area contributed by atoms with Gasteiger partial charge in [0.05, 0.1) is 11.1 Å². The molecule has 0 saturated heterocycles. The van der Waals surface area contributed by atoms with E-state index in [1.54, 1.807) is 25.2 Å². The first-order valence-electron chi connectivity index (χ1n) is 8.71. The minimum absolute atomic E-state index is 0.0692. The van der Waals surface area contributed by atoms with Gasteiger partial charge in [-0.15, -0.1) is 0 Å². The Hall–Kier alpha value is -3.23. The van der Waals surface area contributed by atoms with Crippen molar-refractivity contribution in [2.24, 2.45) is 0 Å². The number of esters is 1. The predicted octanol–water partition coefficient (Wildman–Crippen LogP) is 3.29. The first-order valence-corrected chi connectivity index (χ1v) is 8.71. The van der Waals surface area contributed by atoms with Crippen LogP contribution < -0.4 is 9.47 Å². The Balaban J connectivity index is 1.52. The van der Waals surface area contributed by atoms with Gasteiger partial charge < -0.3 is 19.1 Å². The standard InChI is InChI=1S/C20H18F3NO5/c1-24(11-13-2-7-16-17(10-13)28-9-8-27-16)18(25)12-29-19(26)14-3-5-15(6-4-14)20(21,22)23/h2-7,10H,8-9,11-12H2,1H3. The van der Waals surface area contributed by atoms with E-state index in [-0.39, 0.29) is 12.1 Å². The maximum absolute atomic E-state index is 12.6. The van der Waals surface area contributed by atoms with Crippen molar-refractivity contribution in [3.63, 3.8) is 0 Å². The van der Waals surface area contributed by atoms with Crippen molar-refractivity contribution in [3.8, 4) is 11.5 Å². The summed E-state index contributed by atoms with van der Waals surface area (Å²) in [6.45, 7) is 0.661. The summed E-state index contributed by atoms with van der Waals surface area (Å²) in [6.07, 6.45) is -4.49. The van der Waals surface area contributed by atoms with Crippen molar-refractivity contribution < 1.29 is 37.0 Å². The number of carbonyl (C=O) groups excluding carboxylic acids is 2. The monoisotopic (exact) mass is 409 g/mol. The average molecular weight is 409 g/mol. The number of carbonyl (C=O) groups is 2. The molecule has 2 aromatic rings. The largest absolute Gasteiger partial charge is 0.486 e. The van der Waals surface area contributed by atoms with E-state index < -0.39 is 30.2 Å². The molecule has 0 radical (unpaired) electrons. The molecule has 0 aliphatic carbocycles. The number of alkyl halides is 3. The molecule has 29 heavy (non-hydrogen) atoms. The first-order chi connectivity index (χ1) is 13.7. The van der Waals surface area contributed by atoms with Gasteiger partial charge in [0.25, 0.3) is 5.91 Å². The Kier molecular flexibility index (Phi) is 5.95. The predicted molar refractivity (Wildman–Crippen MR) is 95.6 cm³/mol. The van der Waals surface area contributed by atoms with Gasteiger partial charge >= 0.3 is 12.1 Å². The van der Waals surface area contributed by atoms with Gasteiger partial charge in [-0.25, -0.2) is 4.79 Å². The molecular formula is C20H18F3NO5. The van der Waals surface area contributed by atoms with Crippen LogP contribution in [0.1, 0.15) is 21.5 Å². The second kappa shape index (κ2) is 8.42. The summed E-state index contributed by atoms with van der Waals surface area (Å²) >= 11 is 0. The number of ether oxygens (including phenoxy) is 3. The number of nitrogens with zero attached hydrogens (tertiary/aromatic N) is 1. The van der Waals surface area contributed by atoms with Crippen LogP contribution >= 0.6 is 0 Å². The normalized spacial score (nSPS) is 13.0. The lowest BCUT2D eigenvalue weighted by atomic mass is 10.1. The zero-order valence-electron chi connectivity index (χ0n) is 15.5. The molecule has 1 amide bonds. The number of fused-ring (bicyclic) bond motifs is 1. The van der Waals surface area contributed by atoms with E-state index in [0.29, 0.717) is 24.7 Å². The summed E-state index contributed by atoms with van der Waals surface area (Å²) in [7, 11) is 1.55. The van der Waals surface area contributed by atoms with Crippen molar-refractivity contribution in [1.82, 2.24) is 4.90 Å². The molecule has 0 aromatic heterocycles. The number of amides is 1. The highest BCUT2D eigenvalue weighted by Gasteiger charge is 2.30. The quantitative estimate of drug-likeness (QED) is 0.709. The van der Waals surface area contributed by atoms with Crippen LogP contribution in [-0.4, -0.2) is 43.6 Å². The molecule has 2 aromatic carbocycles. The van der Waals surface area contributed by atoms with Gasteiger partial charge in [-0.3, -0.25) is 4.79 Å². The van der Waals surface area contributed by atoms with Crippen molar-refractivity contribution in [3.05, 3.63) is 59.2 Å². The molecule has 0 spiro atoms. The zero-order chi connectivity index (χ0) is 21.0. The lowest BCUT2D eigenvalue weighted by Crippen LogP contribution is -2.31. The molecular weight excluding hydrogens is 391 g/mol. The SMILES string of the molecule is CN(Cc1ccc2c(c1)OCCO2)C(=O)COC(=O)c1ccc(C(F)(F)F)cc1. The van der Waals surface area contributed by atoms with E-state index in [2.05, 4.69) is 0 Å².